The number of carbonyl (C=O) groups excluding carboxylic acids is 1. The Bertz CT molecular complexity index is 309. The summed E-state index contributed by atoms with van der Waals surface area (Å²) in [5.74, 6) is 0.327. The van der Waals surface area contributed by atoms with Crippen LogP contribution in [0.4, 0.5) is 0 Å². The highest BCUT2D eigenvalue weighted by molar-refractivity contribution is 5.92. The lowest BCUT2D eigenvalue weighted by molar-refractivity contribution is 0.0925. The first-order valence-corrected chi connectivity index (χ1v) is 4.48. The number of amides is 1. The zero-order valence-electron chi connectivity index (χ0n) is 8.28. The molecular formula is C9H14N2O3. The summed E-state index contributed by atoms with van der Waals surface area (Å²) in [6.07, 6.45) is 0.530. The molecule has 0 fully saturated rings. The van der Waals surface area contributed by atoms with Gasteiger partial charge in [0.15, 0.2) is 5.69 Å². The second kappa shape index (κ2) is 4.76. The van der Waals surface area contributed by atoms with E-state index in [0.717, 1.165) is 0 Å². The Morgan fingerprint density at radius 3 is 3.00 bits per heavy atom. The van der Waals surface area contributed by atoms with Crippen molar-refractivity contribution in [1.29, 1.82) is 0 Å². The molecule has 1 heterocycles. The molecule has 0 radical (unpaired) electrons. The fraction of sp³-hybridized carbons (Fsp3) is 0.556. The van der Waals surface area contributed by atoms with Crippen LogP contribution >= 0.6 is 0 Å². The number of nitrogens with one attached hydrogen (secondary N) is 1. The number of aliphatic hydroxyl groups excluding tert-OH is 1. The minimum Gasteiger partial charge on any atom is -0.396 e. The standard InChI is InChI=1S/C9H14N2O3/c1-6(3-4-12)10-9(13)8-5-7(2)14-11-8/h5-6,12H,3-4H2,1-2H3,(H,10,13). The highest BCUT2D eigenvalue weighted by Gasteiger charge is 2.12. The van der Waals surface area contributed by atoms with Crippen molar-refractivity contribution in [1.82, 2.24) is 10.5 Å². The summed E-state index contributed by atoms with van der Waals surface area (Å²) in [6, 6.07) is 1.51. The molecule has 1 amide bonds. The van der Waals surface area contributed by atoms with E-state index in [2.05, 4.69) is 10.5 Å². The molecule has 1 aromatic rings. The molecule has 1 unspecified atom stereocenters. The van der Waals surface area contributed by atoms with Crippen LogP contribution in [0.5, 0.6) is 0 Å². The number of nitrogens with zero attached hydrogens (tertiary/aromatic N) is 1. The summed E-state index contributed by atoms with van der Waals surface area (Å²) in [4.78, 5) is 11.4. The molecule has 1 atom stereocenters. The quantitative estimate of drug-likeness (QED) is 0.738. The number of aryl methyl sites for hydroxylation is 1. The summed E-state index contributed by atoms with van der Waals surface area (Å²) >= 11 is 0. The van der Waals surface area contributed by atoms with Crippen LogP contribution in [-0.4, -0.2) is 28.8 Å². The fourth-order valence-corrected chi connectivity index (χ4v) is 1.04. The van der Waals surface area contributed by atoms with Crippen LogP contribution in [0.3, 0.4) is 0 Å². The lowest BCUT2D eigenvalue weighted by atomic mass is 10.2. The Kier molecular flexibility index (Phi) is 3.64. The second-order valence-corrected chi connectivity index (χ2v) is 3.21. The number of hydrogen-bond acceptors (Lipinski definition) is 4. The van der Waals surface area contributed by atoms with Crippen molar-refractivity contribution < 1.29 is 14.4 Å². The molecule has 0 aliphatic carbocycles. The molecule has 1 rings (SSSR count). The summed E-state index contributed by atoms with van der Waals surface area (Å²) in [6.45, 7) is 3.60. The molecule has 0 saturated carbocycles. The van der Waals surface area contributed by atoms with E-state index in [9.17, 15) is 4.79 Å². The molecule has 0 aliphatic rings. The van der Waals surface area contributed by atoms with Gasteiger partial charge in [0.25, 0.3) is 5.91 Å². The summed E-state index contributed by atoms with van der Waals surface area (Å²) in [5, 5.41) is 14.9. The van der Waals surface area contributed by atoms with Gasteiger partial charge in [-0.1, -0.05) is 5.16 Å². The Morgan fingerprint density at radius 2 is 2.50 bits per heavy atom. The maximum atomic E-state index is 11.4. The molecule has 0 aliphatic heterocycles. The highest BCUT2D eigenvalue weighted by atomic mass is 16.5. The van der Waals surface area contributed by atoms with Gasteiger partial charge >= 0.3 is 0 Å². The van der Waals surface area contributed by atoms with Gasteiger partial charge in [0, 0.05) is 18.7 Å². The first kappa shape index (κ1) is 10.7. The van der Waals surface area contributed by atoms with E-state index in [1.54, 1.807) is 13.0 Å². The monoisotopic (exact) mass is 198 g/mol. The topological polar surface area (TPSA) is 75.4 Å². The Hall–Kier alpha value is -1.36. The number of carbonyl (C=O) groups is 1. The average molecular weight is 198 g/mol. The lowest BCUT2D eigenvalue weighted by Crippen LogP contribution is -2.33. The van der Waals surface area contributed by atoms with Crippen LogP contribution in [0.15, 0.2) is 10.6 Å². The molecule has 1 aromatic heterocycles. The Labute approximate surface area is 82.1 Å². The van der Waals surface area contributed by atoms with Crippen LogP contribution in [-0.2, 0) is 0 Å². The number of aromatic nitrogens is 1. The van der Waals surface area contributed by atoms with Crippen LogP contribution in [0.1, 0.15) is 29.6 Å². The van der Waals surface area contributed by atoms with Gasteiger partial charge in [0.1, 0.15) is 5.76 Å². The minimum atomic E-state index is -0.275. The average Bonchev–Trinajstić information content (AvgIpc) is 2.52. The van der Waals surface area contributed by atoms with Crippen LogP contribution in [0.2, 0.25) is 0 Å². The van der Waals surface area contributed by atoms with Crippen LogP contribution < -0.4 is 5.32 Å². The van der Waals surface area contributed by atoms with Gasteiger partial charge in [-0.05, 0) is 20.3 Å². The van der Waals surface area contributed by atoms with E-state index in [-0.39, 0.29) is 24.2 Å². The largest absolute Gasteiger partial charge is 0.396 e. The van der Waals surface area contributed by atoms with Crippen molar-refractivity contribution >= 4 is 5.91 Å². The smallest absolute Gasteiger partial charge is 0.273 e. The molecule has 78 valence electrons. The van der Waals surface area contributed by atoms with Crippen molar-refractivity contribution in [2.24, 2.45) is 0 Å². The van der Waals surface area contributed by atoms with Gasteiger partial charge < -0.3 is 14.9 Å². The summed E-state index contributed by atoms with van der Waals surface area (Å²) in [5.41, 5.74) is 0.271. The number of hydrogen-bond donors (Lipinski definition) is 2. The predicted octanol–water partition coefficient (Wildman–Crippen LogP) is 0.484. The Morgan fingerprint density at radius 1 is 1.79 bits per heavy atom. The summed E-state index contributed by atoms with van der Waals surface area (Å²) in [7, 11) is 0. The third-order valence-corrected chi connectivity index (χ3v) is 1.80. The maximum Gasteiger partial charge on any atom is 0.273 e. The normalized spacial score (nSPS) is 12.5. The van der Waals surface area contributed by atoms with E-state index in [4.69, 9.17) is 9.63 Å². The fourth-order valence-electron chi connectivity index (χ4n) is 1.04. The van der Waals surface area contributed by atoms with E-state index in [0.29, 0.717) is 12.2 Å². The van der Waals surface area contributed by atoms with Gasteiger partial charge in [-0.2, -0.15) is 0 Å². The molecular weight excluding hydrogens is 184 g/mol. The van der Waals surface area contributed by atoms with E-state index < -0.39 is 0 Å². The Balaban J connectivity index is 2.50. The van der Waals surface area contributed by atoms with Gasteiger partial charge in [-0.15, -0.1) is 0 Å². The lowest BCUT2D eigenvalue weighted by Gasteiger charge is -2.10. The van der Waals surface area contributed by atoms with Gasteiger partial charge in [0.2, 0.25) is 0 Å². The van der Waals surface area contributed by atoms with Crippen molar-refractivity contribution in [2.75, 3.05) is 6.61 Å². The van der Waals surface area contributed by atoms with Crippen molar-refractivity contribution in [2.45, 2.75) is 26.3 Å². The predicted molar refractivity (Wildman–Crippen MR) is 49.9 cm³/mol. The molecule has 0 bridgehead atoms. The zero-order valence-corrected chi connectivity index (χ0v) is 8.28. The first-order chi connectivity index (χ1) is 6.63. The molecule has 5 nitrogen and oxygen atoms in total. The molecule has 0 spiro atoms. The third-order valence-electron chi connectivity index (χ3n) is 1.80. The second-order valence-electron chi connectivity index (χ2n) is 3.21. The molecule has 5 heteroatoms. The zero-order chi connectivity index (χ0) is 10.6. The minimum absolute atomic E-state index is 0.0549. The van der Waals surface area contributed by atoms with E-state index in [1.807, 2.05) is 6.92 Å². The van der Waals surface area contributed by atoms with Gasteiger partial charge in [-0.25, -0.2) is 0 Å². The molecule has 2 N–H and O–H groups in total. The van der Waals surface area contributed by atoms with Crippen molar-refractivity contribution in [3.05, 3.63) is 17.5 Å². The molecule has 0 aromatic carbocycles. The first-order valence-electron chi connectivity index (χ1n) is 4.48. The van der Waals surface area contributed by atoms with Crippen molar-refractivity contribution in [3.8, 4) is 0 Å². The van der Waals surface area contributed by atoms with E-state index in [1.165, 1.54) is 0 Å². The highest BCUT2D eigenvalue weighted by Crippen LogP contribution is 2.02. The van der Waals surface area contributed by atoms with Crippen molar-refractivity contribution in [3.63, 3.8) is 0 Å². The maximum absolute atomic E-state index is 11.4. The van der Waals surface area contributed by atoms with Gasteiger partial charge in [0.05, 0.1) is 0 Å². The summed E-state index contributed by atoms with van der Waals surface area (Å²) < 4.78 is 4.77. The van der Waals surface area contributed by atoms with E-state index >= 15 is 0 Å². The third kappa shape index (κ3) is 2.85. The van der Waals surface area contributed by atoms with Gasteiger partial charge in [-0.3, -0.25) is 4.79 Å². The van der Waals surface area contributed by atoms with Crippen LogP contribution in [0.25, 0.3) is 0 Å². The number of aliphatic hydroxyl groups is 1. The number of rotatable bonds is 4. The molecule has 0 saturated heterocycles. The van der Waals surface area contributed by atoms with Crippen LogP contribution in [0, 0.1) is 6.92 Å². The SMILES string of the molecule is Cc1cc(C(=O)NC(C)CCO)no1. The molecule has 14 heavy (non-hydrogen) atoms.